The van der Waals surface area contributed by atoms with Gasteiger partial charge in [-0.2, -0.15) is 5.10 Å². The summed E-state index contributed by atoms with van der Waals surface area (Å²) in [7, 11) is 0. The van der Waals surface area contributed by atoms with E-state index in [1.54, 1.807) is 36.4 Å². The van der Waals surface area contributed by atoms with Gasteiger partial charge in [-0.25, -0.2) is 5.43 Å². The first kappa shape index (κ1) is 27.1. The average Bonchev–Trinajstić information content (AvgIpc) is 2.86. The van der Waals surface area contributed by atoms with Gasteiger partial charge in [-0.1, -0.05) is 57.0 Å². The lowest BCUT2D eigenvalue weighted by Gasteiger charge is -2.11. The van der Waals surface area contributed by atoms with Gasteiger partial charge in [0.15, 0.2) is 6.61 Å². The Morgan fingerprint density at radius 1 is 0.972 bits per heavy atom. The molecule has 0 spiro atoms. The van der Waals surface area contributed by atoms with Crippen molar-refractivity contribution in [3.63, 3.8) is 0 Å². The number of carbonyl (C=O) groups excluding carboxylic acids is 3. The molecule has 186 valence electrons. The molecule has 8 nitrogen and oxygen atoms in total. The summed E-state index contributed by atoms with van der Waals surface area (Å²) in [4.78, 5) is 36.8. The number of hydrogen-bond acceptors (Lipinski definition) is 5. The Morgan fingerprint density at radius 3 is 2.50 bits per heavy atom. The van der Waals surface area contributed by atoms with Gasteiger partial charge in [0.05, 0.1) is 6.21 Å². The second kappa shape index (κ2) is 13.0. The van der Waals surface area contributed by atoms with Gasteiger partial charge in [-0.15, -0.1) is 0 Å². The predicted octanol–water partition coefficient (Wildman–Crippen LogP) is 5.19. The molecule has 0 aromatic heterocycles. The van der Waals surface area contributed by atoms with Crippen LogP contribution in [-0.2, 0) is 20.8 Å². The van der Waals surface area contributed by atoms with Crippen LogP contribution in [0.4, 0.5) is 11.4 Å². The minimum absolute atomic E-state index is 0.233. The number of halogens is 2. The van der Waals surface area contributed by atoms with Crippen molar-refractivity contribution in [1.82, 2.24) is 5.43 Å². The topological polar surface area (TPSA) is 109 Å². The van der Waals surface area contributed by atoms with Gasteiger partial charge in [0.1, 0.15) is 5.75 Å². The number of anilines is 2. The summed E-state index contributed by atoms with van der Waals surface area (Å²) in [6, 6.07) is 17.9. The number of nitrogens with zero attached hydrogens (tertiary/aromatic N) is 1. The molecule has 0 aliphatic carbocycles. The van der Waals surface area contributed by atoms with Crippen LogP contribution >= 0.6 is 31.9 Å². The summed E-state index contributed by atoms with van der Waals surface area (Å²) in [6.45, 7) is 3.65. The fourth-order valence-electron chi connectivity index (χ4n) is 3.16. The summed E-state index contributed by atoms with van der Waals surface area (Å²) in [5, 5.41) is 9.24. The predicted molar refractivity (Wildman–Crippen MR) is 147 cm³/mol. The van der Waals surface area contributed by atoms with Gasteiger partial charge < -0.3 is 15.4 Å². The van der Waals surface area contributed by atoms with Crippen LogP contribution in [0.3, 0.4) is 0 Å². The number of amides is 3. The van der Waals surface area contributed by atoms with E-state index in [-0.39, 0.29) is 12.5 Å². The number of aryl methyl sites for hydroxylation is 2. The highest BCUT2D eigenvalue weighted by Gasteiger charge is 2.14. The zero-order chi connectivity index (χ0) is 26.1. The molecular weight excluding hydrogens is 592 g/mol. The molecule has 3 amide bonds. The second-order valence-corrected chi connectivity index (χ2v) is 9.42. The van der Waals surface area contributed by atoms with E-state index in [1.165, 1.54) is 6.21 Å². The number of nitrogens with one attached hydrogen (secondary N) is 3. The molecular formula is C26H24Br2N4O4. The Hall–Kier alpha value is -3.50. The Morgan fingerprint density at radius 2 is 1.75 bits per heavy atom. The summed E-state index contributed by atoms with van der Waals surface area (Å²) >= 11 is 6.80. The molecule has 3 rings (SSSR count). The Labute approximate surface area is 225 Å². The number of carbonyl (C=O) groups is 3. The minimum atomic E-state index is -0.918. The third-order valence-electron chi connectivity index (χ3n) is 4.99. The first-order valence-electron chi connectivity index (χ1n) is 11.0. The highest BCUT2D eigenvalue weighted by molar-refractivity contribution is 9.10. The molecule has 3 N–H and O–H groups in total. The summed E-state index contributed by atoms with van der Waals surface area (Å²) in [5.74, 6) is -1.71. The van der Waals surface area contributed by atoms with E-state index in [0.29, 0.717) is 29.1 Å². The zero-order valence-electron chi connectivity index (χ0n) is 19.6. The zero-order valence-corrected chi connectivity index (χ0v) is 22.8. The van der Waals surface area contributed by atoms with E-state index in [2.05, 4.69) is 53.0 Å². The molecule has 0 bridgehead atoms. The quantitative estimate of drug-likeness (QED) is 0.184. The summed E-state index contributed by atoms with van der Waals surface area (Å²) in [6.07, 6.45) is 2.05. The fraction of sp³-hybridized carbons (Fsp3) is 0.154. The van der Waals surface area contributed by atoms with E-state index in [9.17, 15) is 14.4 Å². The lowest BCUT2D eigenvalue weighted by molar-refractivity contribution is -0.136. The third-order valence-corrected chi connectivity index (χ3v) is 6.38. The fourth-order valence-corrected chi connectivity index (χ4v) is 3.78. The van der Waals surface area contributed by atoms with Gasteiger partial charge in [0.25, 0.3) is 5.91 Å². The molecule has 36 heavy (non-hydrogen) atoms. The van der Waals surface area contributed by atoms with Crippen molar-refractivity contribution in [3.05, 3.63) is 86.3 Å². The van der Waals surface area contributed by atoms with Gasteiger partial charge in [-0.3, -0.25) is 14.4 Å². The molecule has 0 unspecified atom stereocenters. The van der Waals surface area contributed by atoms with Crippen LogP contribution in [0.2, 0.25) is 0 Å². The van der Waals surface area contributed by atoms with Crippen molar-refractivity contribution in [2.45, 2.75) is 20.3 Å². The maximum Gasteiger partial charge on any atom is 0.329 e. The molecule has 10 heteroatoms. The van der Waals surface area contributed by atoms with E-state index in [1.807, 2.05) is 38.1 Å². The van der Waals surface area contributed by atoms with Gasteiger partial charge in [0.2, 0.25) is 0 Å². The van der Waals surface area contributed by atoms with E-state index in [0.717, 1.165) is 20.1 Å². The summed E-state index contributed by atoms with van der Waals surface area (Å²) < 4.78 is 7.36. The first-order chi connectivity index (χ1) is 17.3. The van der Waals surface area contributed by atoms with Crippen molar-refractivity contribution < 1.29 is 19.1 Å². The first-order valence-corrected chi connectivity index (χ1v) is 12.6. The third kappa shape index (κ3) is 7.76. The molecule has 0 aliphatic rings. The molecule has 0 saturated carbocycles. The molecule has 3 aromatic carbocycles. The molecule has 0 fully saturated rings. The maximum atomic E-state index is 12.3. The van der Waals surface area contributed by atoms with Gasteiger partial charge in [0, 0.05) is 25.9 Å². The van der Waals surface area contributed by atoms with Crippen LogP contribution in [0.1, 0.15) is 23.6 Å². The molecule has 0 atom stereocenters. The monoisotopic (exact) mass is 614 g/mol. The average molecular weight is 616 g/mol. The minimum Gasteiger partial charge on any atom is -0.483 e. The normalized spacial score (nSPS) is 10.7. The number of ether oxygens (including phenoxy) is 1. The molecule has 0 radical (unpaired) electrons. The molecule has 3 aromatic rings. The van der Waals surface area contributed by atoms with Crippen molar-refractivity contribution in [3.8, 4) is 5.75 Å². The Kier molecular flexibility index (Phi) is 9.77. The smallest absolute Gasteiger partial charge is 0.329 e. The Bertz CT molecular complexity index is 1310. The summed E-state index contributed by atoms with van der Waals surface area (Å²) in [5.41, 5.74) is 5.84. The van der Waals surface area contributed by atoms with Crippen molar-refractivity contribution in [1.29, 1.82) is 0 Å². The van der Waals surface area contributed by atoms with E-state index >= 15 is 0 Å². The highest BCUT2D eigenvalue weighted by Crippen LogP contribution is 2.23. The van der Waals surface area contributed by atoms with Crippen LogP contribution in [0, 0.1) is 6.92 Å². The highest BCUT2D eigenvalue weighted by atomic mass is 79.9. The number of hydrazone groups is 1. The molecule has 0 aliphatic heterocycles. The van der Waals surface area contributed by atoms with E-state index in [4.69, 9.17) is 4.74 Å². The van der Waals surface area contributed by atoms with E-state index < -0.39 is 11.8 Å². The van der Waals surface area contributed by atoms with Crippen LogP contribution in [-0.4, -0.2) is 30.5 Å². The van der Waals surface area contributed by atoms with Gasteiger partial charge >= 0.3 is 11.8 Å². The van der Waals surface area contributed by atoms with Crippen LogP contribution in [0.15, 0.2) is 74.7 Å². The van der Waals surface area contributed by atoms with Crippen molar-refractivity contribution in [2.75, 3.05) is 17.2 Å². The second-order valence-electron chi connectivity index (χ2n) is 7.65. The number of benzene rings is 3. The van der Waals surface area contributed by atoms with Crippen molar-refractivity contribution in [2.24, 2.45) is 5.10 Å². The maximum absolute atomic E-state index is 12.3. The van der Waals surface area contributed by atoms with Crippen LogP contribution in [0.25, 0.3) is 0 Å². The Balaban J connectivity index is 1.59. The lowest BCUT2D eigenvalue weighted by atomic mass is 10.1. The lowest BCUT2D eigenvalue weighted by Crippen LogP contribution is -2.32. The number of hydrogen-bond donors (Lipinski definition) is 3. The van der Waals surface area contributed by atoms with Crippen molar-refractivity contribution >= 4 is 67.2 Å². The van der Waals surface area contributed by atoms with Crippen LogP contribution in [0.5, 0.6) is 5.75 Å². The molecule has 0 saturated heterocycles. The number of rotatable bonds is 8. The molecule has 0 heterocycles. The SMILES string of the molecule is CCc1ccccc1NC(=O)C(=O)N/N=C\c1cc(Br)ccc1OCC(=O)Nc1ccc(Br)c(C)c1. The number of para-hydroxylation sites is 1. The largest absolute Gasteiger partial charge is 0.483 e. The van der Waals surface area contributed by atoms with Crippen LogP contribution < -0.4 is 20.8 Å². The standard InChI is InChI=1S/C26H24Br2N4O4/c1-3-17-6-4-5-7-22(17)31-25(34)26(35)32-29-14-18-13-19(27)8-11-23(18)36-15-24(33)30-20-9-10-21(28)16(2)12-20/h4-14H,3,15H2,1-2H3,(H,30,33)(H,31,34)(H,32,35)/b29-14-. The van der Waals surface area contributed by atoms with Gasteiger partial charge in [-0.05, 0) is 66.9 Å².